The number of halogens is 2. The third-order valence-corrected chi connectivity index (χ3v) is 3.56. The van der Waals surface area contributed by atoms with Crippen LogP contribution in [0.4, 0.5) is 4.39 Å². The average molecular weight is 297 g/mol. The first-order valence-electron chi connectivity index (χ1n) is 6.57. The molecule has 1 aromatic heterocycles. The van der Waals surface area contributed by atoms with E-state index in [1.807, 2.05) is 19.1 Å². The average Bonchev–Trinajstić information content (AvgIpc) is 2.95. The van der Waals surface area contributed by atoms with Crippen LogP contribution in [0.15, 0.2) is 41.0 Å². The van der Waals surface area contributed by atoms with Crippen LogP contribution in [-0.4, -0.2) is 18.0 Å². The molecule has 1 unspecified atom stereocenters. The summed E-state index contributed by atoms with van der Waals surface area (Å²) in [6.07, 6.45) is 1.63. The minimum absolute atomic E-state index is 0.233. The van der Waals surface area contributed by atoms with Crippen LogP contribution < -0.4 is 5.73 Å². The molecule has 5 heteroatoms. The zero-order chi connectivity index (χ0) is 14.5. The zero-order valence-corrected chi connectivity index (χ0v) is 12.1. The maximum atomic E-state index is 14.0. The first kappa shape index (κ1) is 15.0. The molecule has 2 aromatic rings. The molecule has 0 saturated heterocycles. The molecule has 1 aromatic carbocycles. The lowest BCUT2D eigenvalue weighted by molar-refractivity contribution is 0.184. The molecular formula is C15H18ClFN2O. The first-order chi connectivity index (χ1) is 9.65. The first-order valence-corrected chi connectivity index (χ1v) is 6.95. The van der Waals surface area contributed by atoms with Crippen LogP contribution in [0, 0.1) is 5.82 Å². The number of rotatable bonds is 6. The second kappa shape index (κ2) is 6.88. The monoisotopic (exact) mass is 296 g/mol. The molecule has 0 bridgehead atoms. The van der Waals surface area contributed by atoms with Crippen molar-refractivity contribution in [3.05, 3.63) is 58.8 Å². The van der Waals surface area contributed by atoms with Crippen molar-refractivity contribution in [3.8, 4) is 0 Å². The zero-order valence-electron chi connectivity index (χ0n) is 11.4. The van der Waals surface area contributed by atoms with E-state index in [4.69, 9.17) is 21.8 Å². The van der Waals surface area contributed by atoms with Gasteiger partial charge in [0.2, 0.25) is 0 Å². The third kappa shape index (κ3) is 3.39. The quantitative estimate of drug-likeness (QED) is 0.886. The van der Waals surface area contributed by atoms with Crippen molar-refractivity contribution in [1.29, 1.82) is 0 Å². The van der Waals surface area contributed by atoms with Gasteiger partial charge >= 0.3 is 0 Å². The lowest BCUT2D eigenvalue weighted by Gasteiger charge is -2.29. The van der Waals surface area contributed by atoms with Gasteiger partial charge in [0, 0.05) is 17.1 Å². The van der Waals surface area contributed by atoms with Crippen LogP contribution in [0.1, 0.15) is 24.3 Å². The van der Waals surface area contributed by atoms with Gasteiger partial charge in [-0.15, -0.1) is 0 Å². The molecule has 0 spiro atoms. The molecule has 0 aliphatic carbocycles. The fraction of sp³-hybridized carbons (Fsp3) is 0.333. The number of nitrogens with zero attached hydrogens (tertiary/aromatic N) is 1. The number of furan rings is 1. The minimum Gasteiger partial charge on any atom is -0.468 e. The molecule has 1 heterocycles. The maximum Gasteiger partial charge on any atom is 0.128 e. The Labute approximate surface area is 123 Å². The van der Waals surface area contributed by atoms with E-state index in [-0.39, 0.29) is 11.9 Å². The van der Waals surface area contributed by atoms with Gasteiger partial charge in [-0.3, -0.25) is 4.90 Å². The van der Waals surface area contributed by atoms with Crippen LogP contribution in [0.3, 0.4) is 0 Å². The molecule has 20 heavy (non-hydrogen) atoms. The molecule has 108 valence electrons. The molecular weight excluding hydrogens is 279 g/mol. The van der Waals surface area contributed by atoms with Gasteiger partial charge in [-0.2, -0.15) is 0 Å². The summed E-state index contributed by atoms with van der Waals surface area (Å²) in [6.45, 7) is 3.63. The SMILES string of the molecule is CCN(Cc1ccco1)C(CN)c1cc(Cl)ccc1F. The summed E-state index contributed by atoms with van der Waals surface area (Å²) in [7, 11) is 0. The molecule has 3 nitrogen and oxygen atoms in total. The second-order valence-corrected chi connectivity index (χ2v) is 5.00. The van der Waals surface area contributed by atoms with Crippen LogP contribution in [0.25, 0.3) is 0 Å². The second-order valence-electron chi connectivity index (χ2n) is 4.56. The number of hydrogen-bond donors (Lipinski definition) is 1. The van der Waals surface area contributed by atoms with Crippen molar-refractivity contribution in [1.82, 2.24) is 4.90 Å². The Morgan fingerprint density at radius 1 is 1.40 bits per heavy atom. The van der Waals surface area contributed by atoms with Gasteiger partial charge in [-0.25, -0.2) is 4.39 Å². The highest BCUT2D eigenvalue weighted by Gasteiger charge is 2.22. The number of hydrogen-bond acceptors (Lipinski definition) is 3. The van der Waals surface area contributed by atoms with E-state index in [1.165, 1.54) is 12.1 Å². The summed E-state index contributed by atoms with van der Waals surface area (Å²) in [5.41, 5.74) is 6.37. The normalized spacial score (nSPS) is 12.8. The van der Waals surface area contributed by atoms with Crippen LogP contribution in [-0.2, 0) is 6.54 Å². The predicted octanol–water partition coefficient (Wildman–Crippen LogP) is 3.59. The van der Waals surface area contributed by atoms with E-state index in [2.05, 4.69) is 4.90 Å². The summed E-state index contributed by atoms with van der Waals surface area (Å²) >= 11 is 5.96. The number of nitrogens with two attached hydrogens (primary N) is 1. The van der Waals surface area contributed by atoms with Gasteiger partial charge in [-0.05, 0) is 36.9 Å². The maximum absolute atomic E-state index is 14.0. The Morgan fingerprint density at radius 2 is 2.20 bits per heavy atom. The number of likely N-dealkylation sites (N-methyl/N-ethyl adjacent to an activating group) is 1. The van der Waals surface area contributed by atoms with E-state index >= 15 is 0 Å². The standard InChI is InChI=1S/C15H18ClFN2O/c1-2-19(10-12-4-3-7-20-12)15(9-18)13-8-11(16)5-6-14(13)17/h3-8,15H,2,9-10,18H2,1H3. The topological polar surface area (TPSA) is 42.4 Å². The Kier molecular flexibility index (Phi) is 5.17. The van der Waals surface area contributed by atoms with Crippen molar-refractivity contribution in [2.24, 2.45) is 5.73 Å². The Morgan fingerprint density at radius 3 is 2.80 bits per heavy atom. The Bertz CT molecular complexity index is 545. The molecule has 2 rings (SSSR count). The molecule has 1 atom stereocenters. The third-order valence-electron chi connectivity index (χ3n) is 3.33. The van der Waals surface area contributed by atoms with Crippen molar-refractivity contribution in [2.45, 2.75) is 19.5 Å². The molecule has 0 fully saturated rings. The minimum atomic E-state index is -0.289. The summed E-state index contributed by atoms with van der Waals surface area (Å²) < 4.78 is 19.4. The summed E-state index contributed by atoms with van der Waals surface area (Å²) in [6, 6.07) is 8.05. The number of benzene rings is 1. The van der Waals surface area contributed by atoms with E-state index in [0.29, 0.717) is 23.7 Å². The van der Waals surface area contributed by atoms with Crippen LogP contribution in [0.2, 0.25) is 5.02 Å². The van der Waals surface area contributed by atoms with Gasteiger partial charge in [0.05, 0.1) is 18.8 Å². The highest BCUT2D eigenvalue weighted by atomic mass is 35.5. The lowest BCUT2D eigenvalue weighted by atomic mass is 10.0. The Hall–Kier alpha value is -1.36. The highest BCUT2D eigenvalue weighted by Crippen LogP contribution is 2.26. The van der Waals surface area contributed by atoms with Crippen molar-refractivity contribution < 1.29 is 8.81 Å². The molecule has 0 aliphatic rings. The fourth-order valence-electron chi connectivity index (χ4n) is 2.29. The summed E-state index contributed by atoms with van der Waals surface area (Å²) in [5.74, 6) is 0.537. The van der Waals surface area contributed by atoms with Gasteiger partial charge in [-0.1, -0.05) is 18.5 Å². The predicted molar refractivity (Wildman–Crippen MR) is 78.0 cm³/mol. The van der Waals surface area contributed by atoms with Crippen LogP contribution in [0.5, 0.6) is 0 Å². The van der Waals surface area contributed by atoms with Crippen molar-refractivity contribution >= 4 is 11.6 Å². The van der Waals surface area contributed by atoms with E-state index in [0.717, 1.165) is 12.3 Å². The van der Waals surface area contributed by atoms with Gasteiger partial charge in [0.15, 0.2) is 0 Å². The van der Waals surface area contributed by atoms with E-state index < -0.39 is 0 Å². The largest absolute Gasteiger partial charge is 0.468 e. The Balaban J connectivity index is 2.26. The molecule has 0 amide bonds. The van der Waals surface area contributed by atoms with E-state index in [1.54, 1.807) is 12.3 Å². The van der Waals surface area contributed by atoms with Crippen molar-refractivity contribution in [3.63, 3.8) is 0 Å². The van der Waals surface area contributed by atoms with Gasteiger partial charge in [0.25, 0.3) is 0 Å². The summed E-state index contributed by atoms with van der Waals surface area (Å²) in [5, 5.41) is 0.508. The highest BCUT2D eigenvalue weighted by molar-refractivity contribution is 6.30. The van der Waals surface area contributed by atoms with Gasteiger partial charge < -0.3 is 10.2 Å². The van der Waals surface area contributed by atoms with Crippen LogP contribution >= 0.6 is 11.6 Å². The lowest BCUT2D eigenvalue weighted by Crippen LogP contribution is -2.33. The van der Waals surface area contributed by atoms with Crippen molar-refractivity contribution in [2.75, 3.05) is 13.1 Å². The smallest absolute Gasteiger partial charge is 0.128 e. The molecule has 2 N–H and O–H groups in total. The molecule has 0 radical (unpaired) electrons. The molecule has 0 aliphatic heterocycles. The van der Waals surface area contributed by atoms with E-state index in [9.17, 15) is 4.39 Å². The van der Waals surface area contributed by atoms with Gasteiger partial charge in [0.1, 0.15) is 11.6 Å². The fourth-order valence-corrected chi connectivity index (χ4v) is 2.47. The molecule has 0 saturated carbocycles. The summed E-state index contributed by atoms with van der Waals surface area (Å²) in [4.78, 5) is 2.06.